The van der Waals surface area contributed by atoms with Gasteiger partial charge in [-0.05, 0) is 26.7 Å². The van der Waals surface area contributed by atoms with Crippen molar-refractivity contribution in [2.45, 2.75) is 46.1 Å². The van der Waals surface area contributed by atoms with E-state index >= 15 is 0 Å². The maximum absolute atomic E-state index is 12.0. The number of carbonyl (C=O) groups is 2. The minimum absolute atomic E-state index is 0.0148. The highest BCUT2D eigenvalue weighted by atomic mass is 16.4. The standard InChI is InChI=1S/C13H26N2O4/c1-4-6-11(12(17)18)9-14-13(19)15(10(2)3)7-5-8-16/h10-11,16H,4-9H2,1-3H3,(H,14,19)(H,17,18). The molecule has 19 heavy (non-hydrogen) atoms. The summed E-state index contributed by atoms with van der Waals surface area (Å²) in [4.78, 5) is 24.5. The molecule has 0 bridgehead atoms. The van der Waals surface area contributed by atoms with Crippen LogP contribution in [0.2, 0.25) is 0 Å². The summed E-state index contributed by atoms with van der Waals surface area (Å²) in [7, 11) is 0. The number of carbonyl (C=O) groups excluding carboxylic acids is 1. The van der Waals surface area contributed by atoms with Crippen LogP contribution >= 0.6 is 0 Å². The summed E-state index contributed by atoms with van der Waals surface area (Å²) in [6.45, 7) is 6.33. The summed E-state index contributed by atoms with van der Waals surface area (Å²) >= 11 is 0. The number of aliphatic hydroxyl groups is 1. The number of nitrogens with zero attached hydrogens (tertiary/aromatic N) is 1. The van der Waals surface area contributed by atoms with Gasteiger partial charge in [-0.3, -0.25) is 4.79 Å². The Balaban J connectivity index is 4.34. The normalized spacial score (nSPS) is 12.3. The maximum atomic E-state index is 12.0. The van der Waals surface area contributed by atoms with Crippen molar-refractivity contribution in [1.82, 2.24) is 10.2 Å². The maximum Gasteiger partial charge on any atom is 0.317 e. The summed E-state index contributed by atoms with van der Waals surface area (Å²) in [5, 5.41) is 20.5. The third-order valence-electron chi connectivity index (χ3n) is 2.93. The summed E-state index contributed by atoms with van der Waals surface area (Å²) in [5.74, 6) is -1.42. The van der Waals surface area contributed by atoms with Crippen molar-refractivity contribution >= 4 is 12.0 Å². The molecular weight excluding hydrogens is 248 g/mol. The second kappa shape index (κ2) is 9.61. The number of amides is 2. The quantitative estimate of drug-likeness (QED) is 0.591. The molecule has 0 rings (SSSR count). The first-order valence-electron chi connectivity index (χ1n) is 6.82. The molecule has 0 aromatic heterocycles. The molecule has 112 valence electrons. The van der Waals surface area contributed by atoms with E-state index in [9.17, 15) is 9.59 Å². The van der Waals surface area contributed by atoms with E-state index in [1.807, 2.05) is 20.8 Å². The number of carboxylic acid groups (broad SMARTS) is 1. The lowest BCUT2D eigenvalue weighted by atomic mass is 10.0. The second-order valence-electron chi connectivity index (χ2n) is 4.87. The third kappa shape index (κ3) is 7.00. The van der Waals surface area contributed by atoms with Crippen molar-refractivity contribution < 1.29 is 19.8 Å². The topological polar surface area (TPSA) is 89.9 Å². The number of hydrogen-bond acceptors (Lipinski definition) is 3. The molecule has 0 aliphatic rings. The molecule has 0 heterocycles. The Kier molecular flexibility index (Phi) is 8.95. The minimum Gasteiger partial charge on any atom is -0.481 e. The van der Waals surface area contributed by atoms with Crippen molar-refractivity contribution in [3.05, 3.63) is 0 Å². The van der Waals surface area contributed by atoms with Gasteiger partial charge in [0.25, 0.3) is 0 Å². The predicted octanol–water partition coefficient (Wildman–Crippen LogP) is 1.29. The minimum atomic E-state index is -0.881. The van der Waals surface area contributed by atoms with Gasteiger partial charge < -0.3 is 20.4 Å². The fraction of sp³-hybridized carbons (Fsp3) is 0.846. The molecule has 0 saturated carbocycles. The van der Waals surface area contributed by atoms with Gasteiger partial charge >= 0.3 is 12.0 Å². The van der Waals surface area contributed by atoms with Crippen LogP contribution in [0.15, 0.2) is 0 Å². The first-order valence-corrected chi connectivity index (χ1v) is 6.82. The van der Waals surface area contributed by atoms with Gasteiger partial charge in [0.15, 0.2) is 0 Å². The van der Waals surface area contributed by atoms with E-state index in [-0.39, 0.29) is 25.2 Å². The van der Waals surface area contributed by atoms with Crippen molar-refractivity contribution in [2.24, 2.45) is 5.92 Å². The molecule has 0 saturated heterocycles. The van der Waals surface area contributed by atoms with Crippen molar-refractivity contribution in [2.75, 3.05) is 19.7 Å². The van der Waals surface area contributed by atoms with Crippen LogP contribution in [-0.4, -0.2) is 52.9 Å². The molecule has 0 aliphatic heterocycles. The number of nitrogens with one attached hydrogen (secondary N) is 1. The van der Waals surface area contributed by atoms with E-state index in [1.54, 1.807) is 4.90 Å². The van der Waals surface area contributed by atoms with E-state index < -0.39 is 11.9 Å². The molecule has 1 atom stereocenters. The van der Waals surface area contributed by atoms with Crippen molar-refractivity contribution in [1.29, 1.82) is 0 Å². The number of hydrogen-bond donors (Lipinski definition) is 3. The molecule has 2 amide bonds. The van der Waals surface area contributed by atoms with Gasteiger partial charge in [0, 0.05) is 25.7 Å². The van der Waals surface area contributed by atoms with Gasteiger partial charge in [-0.25, -0.2) is 4.79 Å². The molecule has 0 fully saturated rings. The lowest BCUT2D eigenvalue weighted by Crippen LogP contribution is -2.46. The van der Waals surface area contributed by atoms with Crippen LogP contribution in [0.4, 0.5) is 4.79 Å². The third-order valence-corrected chi connectivity index (χ3v) is 2.93. The SMILES string of the molecule is CCCC(CNC(=O)N(CCCO)C(C)C)C(=O)O. The Morgan fingerprint density at radius 3 is 2.37 bits per heavy atom. The molecule has 6 heteroatoms. The van der Waals surface area contributed by atoms with Crippen LogP contribution in [0.3, 0.4) is 0 Å². The van der Waals surface area contributed by atoms with Gasteiger partial charge in [0.1, 0.15) is 0 Å². The fourth-order valence-electron chi connectivity index (χ4n) is 1.81. The Morgan fingerprint density at radius 1 is 1.32 bits per heavy atom. The van der Waals surface area contributed by atoms with Crippen LogP contribution in [0.25, 0.3) is 0 Å². The average molecular weight is 274 g/mol. The van der Waals surface area contributed by atoms with Crippen LogP contribution in [0, 0.1) is 5.92 Å². The zero-order valence-corrected chi connectivity index (χ0v) is 12.1. The zero-order chi connectivity index (χ0) is 14.8. The fourth-order valence-corrected chi connectivity index (χ4v) is 1.81. The van der Waals surface area contributed by atoms with Gasteiger partial charge in [-0.2, -0.15) is 0 Å². The molecule has 0 aromatic rings. The van der Waals surface area contributed by atoms with Crippen molar-refractivity contribution in [3.63, 3.8) is 0 Å². The van der Waals surface area contributed by atoms with E-state index in [0.717, 1.165) is 6.42 Å². The number of aliphatic carboxylic acids is 1. The Bertz CT molecular complexity index is 282. The molecule has 1 unspecified atom stereocenters. The average Bonchev–Trinajstić information content (AvgIpc) is 2.34. The van der Waals surface area contributed by atoms with E-state index in [4.69, 9.17) is 10.2 Å². The number of rotatable bonds is 9. The lowest BCUT2D eigenvalue weighted by Gasteiger charge is -2.27. The molecular formula is C13H26N2O4. The number of urea groups is 1. The van der Waals surface area contributed by atoms with Crippen LogP contribution in [0.5, 0.6) is 0 Å². The summed E-state index contributed by atoms with van der Waals surface area (Å²) < 4.78 is 0. The van der Waals surface area contributed by atoms with Crippen LogP contribution in [-0.2, 0) is 4.79 Å². The Morgan fingerprint density at radius 2 is 1.95 bits per heavy atom. The monoisotopic (exact) mass is 274 g/mol. The Labute approximate surface area is 114 Å². The summed E-state index contributed by atoms with van der Waals surface area (Å²) in [6.07, 6.45) is 1.84. The van der Waals surface area contributed by atoms with Crippen LogP contribution in [0.1, 0.15) is 40.0 Å². The molecule has 0 aromatic carbocycles. The summed E-state index contributed by atoms with van der Waals surface area (Å²) in [5.41, 5.74) is 0. The lowest BCUT2D eigenvalue weighted by molar-refractivity contribution is -0.141. The number of carboxylic acids is 1. The highest BCUT2D eigenvalue weighted by Crippen LogP contribution is 2.06. The smallest absolute Gasteiger partial charge is 0.317 e. The van der Waals surface area contributed by atoms with Gasteiger partial charge in [-0.1, -0.05) is 13.3 Å². The molecule has 3 N–H and O–H groups in total. The molecule has 0 aliphatic carbocycles. The first kappa shape index (κ1) is 17.7. The zero-order valence-electron chi connectivity index (χ0n) is 12.1. The predicted molar refractivity (Wildman–Crippen MR) is 73.0 cm³/mol. The van der Waals surface area contributed by atoms with E-state index in [0.29, 0.717) is 19.4 Å². The second-order valence-corrected chi connectivity index (χ2v) is 4.87. The van der Waals surface area contributed by atoms with E-state index in [1.165, 1.54) is 0 Å². The van der Waals surface area contributed by atoms with Crippen molar-refractivity contribution in [3.8, 4) is 0 Å². The highest BCUT2D eigenvalue weighted by molar-refractivity contribution is 5.76. The van der Waals surface area contributed by atoms with E-state index in [2.05, 4.69) is 5.32 Å². The van der Waals surface area contributed by atoms with Crippen LogP contribution < -0.4 is 5.32 Å². The highest BCUT2D eigenvalue weighted by Gasteiger charge is 2.20. The largest absolute Gasteiger partial charge is 0.481 e. The molecule has 6 nitrogen and oxygen atoms in total. The first-order chi connectivity index (χ1) is 8.93. The van der Waals surface area contributed by atoms with Gasteiger partial charge in [0.05, 0.1) is 5.92 Å². The molecule has 0 spiro atoms. The molecule has 0 radical (unpaired) electrons. The summed E-state index contributed by atoms with van der Waals surface area (Å²) in [6, 6.07) is -0.258. The number of aliphatic hydroxyl groups excluding tert-OH is 1. The Hall–Kier alpha value is -1.30. The van der Waals surface area contributed by atoms with Gasteiger partial charge in [-0.15, -0.1) is 0 Å². The van der Waals surface area contributed by atoms with Gasteiger partial charge in [0.2, 0.25) is 0 Å².